The molecular formula is C21H22F3N5O3. The summed E-state index contributed by atoms with van der Waals surface area (Å²) in [5.41, 5.74) is 2.84. The Bertz CT molecular complexity index is 1110. The van der Waals surface area contributed by atoms with Crippen LogP contribution in [-0.2, 0) is 21.6 Å². The van der Waals surface area contributed by atoms with Crippen molar-refractivity contribution in [2.45, 2.75) is 38.0 Å². The predicted octanol–water partition coefficient (Wildman–Crippen LogP) is 2.88. The molecular weight excluding hydrogens is 427 g/mol. The maximum Gasteiger partial charge on any atom is 0.411 e. The second-order valence-corrected chi connectivity index (χ2v) is 7.75. The molecule has 1 aliphatic rings. The molecule has 0 bridgehead atoms. The quantitative estimate of drug-likeness (QED) is 0.378. The minimum Gasteiger partial charge on any atom is -0.475 e. The van der Waals surface area contributed by atoms with Crippen LogP contribution in [0.4, 0.5) is 13.2 Å². The van der Waals surface area contributed by atoms with E-state index in [9.17, 15) is 18.0 Å². The summed E-state index contributed by atoms with van der Waals surface area (Å²) < 4.78 is 48.0. The highest BCUT2D eigenvalue weighted by atomic mass is 19.4. The molecule has 0 saturated heterocycles. The molecule has 3 aromatic heterocycles. The fraction of sp³-hybridized carbons (Fsp3) is 0.429. The Labute approximate surface area is 181 Å². The van der Waals surface area contributed by atoms with E-state index >= 15 is 0 Å². The molecule has 1 saturated carbocycles. The average Bonchev–Trinajstić information content (AvgIpc) is 3.38. The van der Waals surface area contributed by atoms with Crippen LogP contribution in [-0.4, -0.2) is 52.2 Å². The largest absolute Gasteiger partial charge is 0.475 e. The van der Waals surface area contributed by atoms with Gasteiger partial charge < -0.3 is 14.8 Å². The number of aryl methyl sites for hydroxylation is 1. The Hall–Kier alpha value is -3.21. The fourth-order valence-electron chi connectivity index (χ4n) is 3.57. The Morgan fingerprint density at radius 2 is 2.09 bits per heavy atom. The maximum absolute atomic E-state index is 12.1. The SMILES string of the molecule is Cc1cc(Cn2cc3c(C4(NC=O)CC4)nccc3n2)cnc1OCCOCC(F)(F)F. The van der Waals surface area contributed by atoms with Crippen LogP contribution >= 0.6 is 0 Å². The molecule has 3 heterocycles. The van der Waals surface area contributed by atoms with E-state index in [0.29, 0.717) is 18.8 Å². The Kier molecular flexibility index (Phi) is 6.00. The van der Waals surface area contributed by atoms with Crippen molar-refractivity contribution >= 4 is 17.3 Å². The van der Waals surface area contributed by atoms with Crippen molar-refractivity contribution in [3.8, 4) is 5.88 Å². The molecule has 32 heavy (non-hydrogen) atoms. The first-order valence-corrected chi connectivity index (χ1v) is 10.1. The van der Waals surface area contributed by atoms with Crippen LogP contribution in [0.2, 0.25) is 0 Å². The summed E-state index contributed by atoms with van der Waals surface area (Å²) in [5, 5.41) is 8.37. The number of carbonyl (C=O) groups excluding carboxylic acids is 1. The molecule has 0 unspecified atom stereocenters. The lowest BCUT2D eigenvalue weighted by atomic mass is 10.1. The third-order valence-corrected chi connectivity index (χ3v) is 5.18. The molecule has 8 nitrogen and oxygen atoms in total. The van der Waals surface area contributed by atoms with Crippen molar-refractivity contribution in [1.29, 1.82) is 0 Å². The summed E-state index contributed by atoms with van der Waals surface area (Å²) in [6.45, 7) is 0.764. The third-order valence-electron chi connectivity index (χ3n) is 5.18. The first kappa shape index (κ1) is 22.0. The van der Waals surface area contributed by atoms with Gasteiger partial charge in [0.2, 0.25) is 12.3 Å². The van der Waals surface area contributed by atoms with Crippen molar-refractivity contribution in [3.63, 3.8) is 0 Å². The van der Waals surface area contributed by atoms with Gasteiger partial charge in [-0.25, -0.2) is 4.98 Å². The van der Waals surface area contributed by atoms with Gasteiger partial charge in [0.05, 0.1) is 29.9 Å². The zero-order valence-electron chi connectivity index (χ0n) is 17.4. The van der Waals surface area contributed by atoms with Crippen LogP contribution in [0.25, 0.3) is 10.9 Å². The van der Waals surface area contributed by atoms with E-state index in [2.05, 4.69) is 25.1 Å². The van der Waals surface area contributed by atoms with Crippen molar-refractivity contribution in [2.75, 3.05) is 19.8 Å². The Balaban J connectivity index is 1.41. The van der Waals surface area contributed by atoms with Crippen molar-refractivity contribution in [3.05, 3.63) is 47.5 Å². The smallest absolute Gasteiger partial charge is 0.411 e. The zero-order valence-corrected chi connectivity index (χ0v) is 17.4. The van der Waals surface area contributed by atoms with Gasteiger partial charge in [-0.1, -0.05) is 0 Å². The maximum atomic E-state index is 12.1. The van der Waals surface area contributed by atoms with E-state index in [1.165, 1.54) is 0 Å². The van der Waals surface area contributed by atoms with Gasteiger partial charge in [0.15, 0.2) is 0 Å². The number of pyridine rings is 2. The molecule has 0 radical (unpaired) electrons. The summed E-state index contributed by atoms with van der Waals surface area (Å²) in [7, 11) is 0. The lowest BCUT2D eigenvalue weighted by Gasteiger charge is -2.13. The number of halogens is 3. The van der Waals surface area contributed by atoms with Crippen LogP contribution in [0.3, 0.4) is 0 Å². The standard InChI is InChI=1S/C21H22F3N5O3/c1-14-8-15(9-26-19(14)32-7-6-31-12-21(22,23)24)10-29-11-16-17(28-29)2-5-25-18(16)20(3-4-20)27-13-30/h2,5,8-9,11,13H,3-4,6-7,10,12H2,1H3,(H,27,30). The number of rotatable bonds is 10. The van der Waals surface area contributed by atoms with Gasteiger partial charge >= 0.3 is 6.18 Å². The highest BCUT2D eigenvalue weighted by Crippen LogP contribution is 2.46. The third kappa shape index (κ3) is 4.98. The van der Waals surface area contributed by atoms with Gasteiger partial charge in [-0.05, 0) is 37.5 Å². The molecule has 1 aliphatic carbocycles. The first-order chi connectivity index (χ1) is 15.3. The van der Waals surface area contributed by atoms with E-state index in [1.54, 1.807) is 17.1 Å². The van der Waals surface area contributed by atoms with Gasteiger partial charge in [0.25, 0.3) is 0 Å². The van der Waals surface area contributed by atoms with Gasteiger partial charge in [0.1, 0.15) is 13.2 Å². The van der Waals surface area contributed by atoms with Gasteiger partial charge in [-0.2, -0.15) is 18.3 Å². The van der Waals surface area contributed by atoms with Gasteiger partial charge in [-0.15, -0.1) is 0 Å². The number of hydrogen-bond acceptors (Lipinski definition) is 6. The number of alkyl halides is 3. The minimum atomic E-state index is -4.35. The molecule has 0 spiro atoms. The minimum absolute atomic E-state index is 0.0276. The Morgan fingerprint density at radius 1 is 1.28 bits per heavy atom. The topological polar surface area (TPSA) is 91.2 Å². The number of aromatic nitrogens is 4. The van der Waals surface area contributed by atoms with Crippen LogP contribution in [0, 0.1) is 6.92 Å². The number of carbonyl (C=O) groups is 1. The Morgan fingerprint density at radius 3 is 2.78 bits per heavy atom. The summed E-state index contributed by atoms with van der Waals surface area (Å²) in [4.78, 5) is 19.7. The summed E-state index contributed by atoms with van der Waals surface area (Å²) in [6, 6.07) is 3.72. The van der Waals surface area contributed by atoms with E-state index < -0.39 is 18.3 Å². The molecule has 0 aromatic carbocycles. The monoisotopic (exact) mass is 449 g/mol. The number of nitrogens with zero attached hydrogens (tertiary/aromatic N) is 4. The summed E-state index contributed by atoms with van der Waals surface area (Å²) in [5.74, 6) is 0.345. The fourth-order valence-corrected chi connectivity index (χ4v) is 3.57. The van der Waals surface area contributed by atoms with Crippen molar-refractivity contribution in [2.24, 2.45) is 0 Å². The van der Waals surface area contributed by atoms with E-state index in [0.717, 1.165) is 40.6 Å². The average molecular weight is 449 g/mol. The number of ether oxygens (including phenoxy) is 2. The number of amides is 1. The molecule has 0 atom stereocenters. The van der Waals surface area contributed by atoms with Crippen molar-refractivity contribution < 1.29 is 27.4 Å². The highest BCUT2D eigenvalue weighted by molar-refractivity contribution is 5.82. The van der Waals surface area contributed by atoms with E-state index in [1.807, 2.05) is 25.3 Å². The lowest BCUT2D eigenvalue weighted by molar-refractivity contribution is -0.175. The predicted molar refractivity (Wildman–Crippen MR) is 108 cm³/mol. The molecule has 3 aromatic rings. The molecule has 1 N–H and O–H groups in total. The summed E-state index contributed by atoms with van der Waals surface area (Å²) in [6.07, 6.45) is 3.27. The molecule has 11 heteroatoms. The van der Waals surface area contributed by atoms with Crippen LogP contribution in [0.1, 0.15) is 29.7 Å². The number of fused-ring (bicyclic) bond motifs is 1. The number of nitrogens with one attached hydrogen (secondary N) is 1. The number of hydrogen-bond donors (Lipinski definition) is 1. The lowest BCUT2D eigenvalue weighted by Crippen LogP contribution is -2.28. The normalized spacial score (nSPS) is 15.0. The molecule has 170 valence electrons. The van der Waals surface area contributed by atoms with Crippen LogP contribution in [0.5, 0.6) is 5.88 Å². The second kappa shape index (κ2) is 8.73. The van der Waals surface area contributed by atoms with Gasteiger partial charge in [0, 0.05) is 29.5 Å². The van der Waals surface area contributed by atoms with E-state index in [-0.39, 0.29) is 13.2 Å². The molecule has 1 amide bonds. The molecule has 4 rings (SSSR count). The summed E-state index contributed by atoms with van der Waals surface area (Å²) >= 11 is 0. The van der Waals surface area contributed by atoms with Gasteiger partial charge in [-0.3, -0.25) is 14.5 Å². The first-order valence-electron chi connectivity index (χ1n) is 10.1. The zero-order chi connectivity index (χ0) is 22.8. The van der Waals surface area contributed by atoms with Crippen LogP contribution in [0.15, 0.2) is 30.7 Å². The van der Waals surface area contributed by atoms with Crippen molar-refractivity contribution in [1.82, 2.24) is 25.1 Å². The highest BCUT2D eigenvalue weighted by Gasteiger charge is 2.46. The molecule has 1 fully saturated rings. The van der Waals surface area contributed by atoms with Crippen LogP contribution < -0.4 is 10.1 Å². The van der Waals surface area contributed by atoms with E-state index in [4.69, 9.17) is 4.74 Å². The second-order valence-electron chi connectivity index (χ2n) is 7.75. The molecule has 0 aliphatic heterocycles.